The van der Waals surface area contributed by atoms with Gasteiger partial charge in [0.1, 0.15) is 11.5 Å². The summed E-state index contributed by atoms with van der Waals surface area (Å²) in [6.45, 7) is 5.40. The molecule has 1 aromatic heterocycles. The molecule has 0 atom stereocenters. The average molecular weight is 417 g/mol. The van der Waals surface area contributed by atoms with E-state index in [-0.39, 0.29) is 32.0 Å². The van der Waals surface area contributed by atoms with Gasteiger partial charge in [0.05, 0.1) is 26.3 Å². The molecule has 1 aromatic carbocycles. The molecule has 0 bridgehead atoms. The molecule has 0 aliphatic carbocycles. The Hall–Kier alpha value is -2.02. The molecule has 1 heterocycles. The van der Waals surface area contributed by atoms with Crippen LogP contribution in [0.2, 0.25) is 15.1 Å². The van der Waals surface area contributed by atoms with E-state index in [2.05, 4.69) is 10.3 Å². The van der Waals surface area contributed by atoms with E-state index in [1.165, 1.54) is 12.1 Å². The van der Waals surface area contributed by atoms with Gasteiger partial charge >= 0.3 is 5.97 Å². The lowest BCUT2D eigenvalue weighted by molar-refractivity contribution is 0.0696. The first-order chi connectivity index (χ1) is 12.3. The number of hydrogen-bond acceptors (Lipinski definition) is 4. The molecule has 2 aromatic rings. The summed E-state index contributed by atoms with van der Waals surface area (Å²) >= 11 is 18.2. The second-order valence-corrected chi connectivity index (χ2v) is 6.47. The van der Waals surface area contributed by atoms with Gasteiger partial charge in [0.2, 0.25) is 0 Å². The number of aromatic nitrogens is 1. The van der Waals surface area contributed by atoms with Crippen LogP contribution in [-0.2, 0) is 0 Å². The Morgan fingerprint density at radius 3 is 2.15 bits per heavy atom. The van der Waals surface area contributed by atoms with Gasteiger partial charge in [-0.1, -0.05) is 34.8 Å². The Morgan fingerprint density at radius 2 is 1.65 bits per heavy atom. The number of carbonyl (C=O) groups is 2. The normalized spacial score (nSPS) is 10.5. The number of hydrogen-bond donors (Lipinski definition) is 2. The van der Waals surface area contributed by atoms with Crippen molar-refractivity contribution in [3.63, 3.8) is 0 Å². The topological polar surface area (TPSA) is 82.5 Å². The quantitative estimate of drug-likeness (QED) is 0.704. The van der Waals surface area contributed by atoms with Crippen LogP contribution in [0.3, 0.4) is 0 Å². The Kier molecular flexibility index (Phi) is 6.69. The van der Waals surface area contributed by atoms with Gasteiger partial charge in [-0.05, 0) is 38.1 Å². The Balaban J connectivity index is 2.36. The molecule has 0 unspecified atom stereocenters. The van der Waals surface area contributed by atoms with Gasteiger partial charge in [0, 0.05) is 13.1 Å². The van der Waals surface area contributed by atoms with Crippen LogP contribution in [0.4, 0.5) is 11.5 Å². The van der Waals surface area contributed by atoms with Crippen LogP contribution < -0.4 is 10.2 Å². The van der Waals surface area contributed by atoms with Crippen molar-refractivity contribution in [3.05, 3.63) is 50.6 Å². The van der Waals surface area contributed by atoms with Crippen LogP contribution in [-0.4, -0.2) is 35.1 Å². The number of benzene rings is 1. The molecule has 0 spiro atoms. The summed E-state index contributed by atoms with van der Waals surface area (Å²) in [5.41, 5.74) is 0.0256. The van der Waals surface area contributed by atoms with Crippen molar-refractivity contribution in [1.82, 2.24) is 4.98 Å². The molecule has 0 saturated heterocycles. The van der Waals surface area contributed by atoms with Crippen molar-refractivity contribution < 1.29 is 14.7 Å². The molecule has 0 radical (unpaired) electrons. The van der Waals surface area contributed by atoms with E-state index in [9.17, 15) is 9.59 Å². The van der Waals surface area contributed by atoms with E-state index in [4.69, 9.17) is 39.9 Å². The van der Waals surface area contributed by atoms with Crippen molar-refractivity contribution in [2.75, 3.05) is 23.3 Å². The van der Waals surface area contributed by atoms with Crippen molar-refractivity contribution >= 4 is 58.2 Å². The minimum Gasteiger partial charge on any atom is -0.478 e. The Morgan fingerprint density at radius 1 is 1.08 bits per heavy atom. The summed E-state index contributed by atoms with van der Waals surface area (Å²) in [5.74, 6) is -1.16. The van der Waals surface area contributed by atoms with Gasteiger partial charge in [0.15, 0.2) is 0 Å². The highest BCUT2D eigenvalue weighted by molar-refractivity contribution is 6.41. The maximum Gasteiger partial charge on any atom is 0.335 e. The fraction of sp³-hybridized carbons (Fsp3) is 0.235. The Bertz CT molecular complexity index is 831. The van der Waals surface area contributed by atoms with Crippen LogP contribution in [0.25, 0.3) is 0 Å². The molecule has 6 nitrogen and oxygen atoms in total. The van der Waals surface area contributed by atoms with Crippen molar-refractivity contribution in [3.8, 4) is 0 Å². The van der Waals surface area contributed by atoms with Gasteiger partial charge in [-0.15, -0.1) is 0 Å². The number of nitrogens with zero attached hydrogens (tertiary/aromatic N) is 2. The van der Waals surface area contributed by atoms with Crippen LogP contribution >= 0.6 is 34.8 Å². The van der Waals surface area contributed by atoms with E-state index in [1.54, 1.807) is 12.1 Å². The lowest BCUT2D eigenvalue weighted by atomic mass is 10.2. The number of aromatic carboxylic acids is 1. The molecule has 2 rings (SSSR count). The zero-order chi connectivity index (χ0) is 19.4. The molecule has 0 saturated carbocycles. The zero-order valence-electron chi connectivity index (χ0n) is 14.0. The maximum atomic E-state index is 12.6. The van der Waals surface area contributed by atoms with E-state index < -0.39 is 11.9 Å². The molecule has 26 heavy (non-hydrogen) atoms. The number of rotatable bonds is 6. The maximum absolute atomic E-state index is 12.6. The van der Waals surface area contributed by atoms with E-state index in [0.717, 1.165) is 13.1 Å². The number of amides is 1. The highest BCUT2D eigenvalue weighted by Gasteiger charge is 2.19. The fourth-order valence-corrected chi connectivity index (χ4v) is 3.08. The first-order valence-electron chi connectivity index (χ1n) is 7.73. The molecular formula is C17H16Cl3N3O3. The number of anilines is 2. The summed E-state index contributed by atoms with van der Waals surface area (Å²) in [4.78, 5) is 29.9. The minimum absolute atomic E-state index is 0.000676. The monoisotopic (exact) mass is 415 g/mol. The number of carboxylic acid groups (broad SMARTS) is 1. The fourth-order valence-electron chi connectivity index (χ4n) is 2.30. The van der Waals surface area contributed by atoms with Gasteiger partial charge < -0.3 is 15.3 Å². The molecule has 2 N–H and O–H groups in total. The van der Waals surface area contributed by atoms with Crippen LogP contribution in [0, 0.1) is 0 Å². The second-order valence-electron chi connectivity index (χ2n) is 5.25. The van der Waals surface area contributed by atoms with Gasteiger partial charge in [0.25, 0.3) is 5.91 Å². The van der Waals surface area contributed by atoms with Crippen molar-refractivity contribution in [2.45, 2.75) is 13.8 Å². The number of halogens is 3. The number of carbonyl (C=O) groups excluding carboxylic acids is 1. The minimum atomic E-state index is -1.18. The number of pyridine rings is 1. The van der Waals surface area contributed by atoms with E-state index in [0.29, 0.717) is 5.82 Å². The SMILES string of the molecule is CCN(CC)c1ccc(Cl)c(C(=O)Nc2c(Cl)cc(C(=O)O)cc2Cl)n1. The van der Waals surface area contributed by atoms with Crippen LogP contribution in [0.5, 0.6) is 0 Å². The molecule has 0 aliphatic heterocycles. The molecule has 9 heteroatoms. The Labute approximate surface area is 165 Å². The highest BCUT2D eigenvalue weighted by atomic mass is 35.5. The third kappa shape index (κ3) is 4.38. The summed E-state index contributed by atoms with van der Waals surface area (Å²) in [5, 5.41) is 11.7. The predicted octanol–water partition coefficient (Wildman–Crippen LogP) is 4.84. The summed E-state index contributed by atoms with van der Waals surface area (Å²) in [6.07, 6.45) is 0. The summed E-state index contributed by atoms with van der Waals surface area (Å²) in [7, 11) is 0. The zero-order valence-corrected chi connectivity index (χ0v) is 16.3. The van der Waals surface area contributed by atoms with E-state index >= 15 is 0 Å². The predicted molar refractivity (Wildman–Crippen MR) is 104 cm³/mol. The van der Waals surface area contributed by atoms with Crippen LogP contribution in [0.1, 0.15) is 34.7 Å². The highest BCUT2D eigenvalue weighted by Crippen LogP contribution is 2.32. The summed E-state index contributed by atoms with van der Waals surface area (Å²) < 4.78 is 0. The van der Waals surface area contributed by atoms with Crippen LogP contribution in [0.15, 0.2) is 24.3 Å². The van der Waals surface area contributed by atoms with Gasteiger partial charge in [-0.25, -0.2) is 9.78 Å². The smallest absolute Gasteiger partial charge is 0.335 e. The summed E-state index contributed by atoms with van der Waals surface area (Å²) in [6, 6.07) is 5.72. The molecule has 1 amide bonds. The largest absolute Gasteiger partial charge is 0.478 e. The molecule has 0 fully saturated rings. The van der Waals surface area contributed by atoms with E-state index in [1.807, 2.05) is 18.7 Å². The lowest BCUT2D eigenvalue weighted by Gasteiger charge is -2.20. The van der Waals surface area contributed by atoms with Gasteiger partial charge in [-0.3, -0.25) is 4.79 Å². The lowest BCUT2D eigenvalue weighted by Crippen LogP contribution is -2.24. The number of nitrogens with one attached hydrogen (secondary N) is 1. The first kappa shape index (κ1) is 20.3. The van der Waals surface area contributed by atoms with Crippen molar-refractivity contribution in [2.24, 2.45) is 0 Å². The molecule has 138 valence electrons. The van der Waals surface area contributed by atoms with Gasteiger partial charge in [-0.2, -0.15) is 0 Å². The molecular weight excluding hydrogens is 401 g/mol. The second kappa shape index (κ2) is 8.58. The number of carboxylic acids is 1. The first-order valence-corrected chi connectivity index (χ1v) is 8.87. The molecule has 0 aliphatic rings. The van der Waals surface area contributed by atoms with Crippen molar-refractivity contribution in [1.29, 1.82) is 0 Å². The third-order valence-corrected chi connectivity index (χ3v) is 4.56. The third-order valence-electron chi connectivity index (χ3n) is 3.66. The standard InChI is InChI=1S/C17H16Cl3N3O3/c1-3-23(4-2)13-6-5-10(18)15(21-13)16(24)22-14-11(19)7-9(17(25)26)8-12(14)20/h5-8H,3-4H2,1-2H3,(H,22,24)(H,25,26). The average Bonchev–Trinajstić information content (AvgIpc) is 2.60.